The summed E-state index contributed by atoms with van der Waals surface area (Å²) in [5.74, 6) is 0.941. The molecule has 0 saturated carbocycles. The van der Waals surface area contributed by atoms with Crippen LogP contribution in [0.1, 0.15) is 89.8 Å². The number of halogens is 1. The van der Waals surface area contributed by atoms with Crippen molar-refractivity contribution in [1.82, 2.24) is 4.90 Å². The Morgan fingerprint density at radius 2 is 1.90 bits per heavy atom. The van der Waals surface area contributed by atoms with Gasteiger partial charge in [0.2, 0.25) is 0 Å². The van der Waals surface area contributed by atoms with Gasteiger partial charge in [0.25, 0.3) is 0 Å². The van der Waals surface area contributed by atoms with Gasteiger partial charge < -0.3 is 0 Å². The molecule has 2 nitrogen and oxygen atoms in total. The van der Waals surface area contributed by atoms with Crippen LogP contribution in [0.2, 0.25) is 0 Å². The molecule has 0 N–H and O–H groups in total. The molecule has 3 rings (SSSR count). The van der Waals surface area contributed by atoms with Crippen molar-refractivity contribution in [3.05, 3.63) is 46.5 Å². The maximum absolute atomic E-state index is 13.4. The third kappa shape index (κ3) is 5.27. The summed E-state index contributed by atoms with van der Waals surface area (Å²) in [5, 5.41) is 0. The smallest absolute Gasteiger partial charge is 0.139 e. The highest BCUT2D eigenvalue weighted by Gasteiger charge is 2.43. The van der Waals surface area contributed by atoms with E-state index in [-0.39, 0.29) is 10.8 Å². The number of piperidine rings is 1. The standard InChI is InChI=1S/C27H40BrNO/c1-6-7-16-27(5,25(30)19-26(2,3)4)20-14-17-29(18-15-20)24-13-9-10-21-22(24)11-8-12-23(21)28/h6,8,11-12,20,24H,1,7,9-10,13-19H2,2-5H3. The number of nitrogens with zero attached hydrogens (tertiary/aromatic N) is 1. The van der Waals surface area contributed by atoms with Crippen LogP contribution >= 0.6 is 15.9 Å². The molecule has 0 spiro atoms. The van der Waals surface area contributed by atoms with Crippen LogP contribution < -0.4 is 0 Å². The van der Waals surface area contributed by atoms with E-state index < -0.39 is 0 Å². The van der Waals surface area contributed by atoms with Gasteiger partial charge in [-0.25, -0.2) is 0 Å². The molecule has 3 heteroatoms. The number of likely N-dealkylation sites (tertiary alicyclic amines) is 1. The summed E-state index contributed by atoms with van der Waals surface area (Å²) in [6, 6.07) is 7.24. The highest BCUT2D eigenvalue weighted by Crippen LogP contribution is 2.45. The molecule has 2 atom stereocenters. The normalized spacial score (nSPS) is 22.9. The molecular formula is C27H40BrNO. The van der Waals surface area contributed by atoms with Crippen LogP contribution in [0.4, 0.5) is 0 Å². The predicted octanol–water partition coefficient (Wildman–Crippen LogP) is 7.52. The van der Waals surface area contributed by atoms with E-state index in [4.69, 9.17) is 0 Å². The van der Waals surface area contributed by atoms with Gasteiger partial charge in [-0.15, -0.1) is 6.58 Å². The maximum Gasteiger partial charge on any atom is 0.139 e. The second-order valence-corrected chi connectivity index (χ2v) is 11.8. The van der Waals surface area contributed by atoms with Crippen molar-refractivity contribution in [2.45, 2.75) is 85.1 Å². The van der Waals surface area contributed by atoms with Crippen molar-refractivity contribution >= 4 is 21.7 Å². The van der Waals surface area contributed by atoms with E-state index in [1.54, 1.807) is 0 Å². The largest absolute Gasteiger partial charge is 0.299 e. The summed E-state index contributed by atoms with van der Waals surface area (Å²) in [6.07, 6.45) is 10.5. The number of benzene rings is 1. The first kappa shape index (κ1) is 23.7. The zero-order chi connectivity index (χ0) is 21.9. The van der Waals surface area contributed by atoms with Crippen molar-refractivity contribution < 1.29 is 4.79 Å². The second kappa shape index (κ2) is 9.69. The van der Waals surface area contributed by atoms with E-state index in [9.17, 15) is 4.79 Å². The molecule has 2 aliphatic rings. The molecule has 1 fully saturated rings. The SMILES string of the molecule is C=CCCC(C)(C(=O)CC(C)(C)C)C1CCN(C2CCCc3c(Br)cccc32)CC1. The van der Waals surface area contributed by atoms with Crippen LogP contribution in [0.15, 0.2) is 35.3 Å². The Morgan fingerprint density at radius 1 is 1.20 bits per heavy atom. The summed E-state index contributed by atoms with van der Waals surface area (Å²) in [5.41, 5.74) is 2.85. The first-order chi connectivity index (χ1) is 14.2. The van der Waals surface area contributed by atoms with Crippen molar-refractivity contribution in [1.29, 1.82) is 0 Å². The molecule has 30 heavy (non-hydrogen) atoms. The number of carbonyl (C=O) groups is 1. The predicted molar refractivity (Wildman–Crippen MR) is 131 cm³/mol. The summed E-state index contributed by atoms with van der Waals surface area (Å²) in [7, 11) is 0. The second-order valence-electron chi connectivity index (χ2n) is 10.9. The fourth-order valence-corrected chi connectivity index (χ4v) is 6.24. The lowest BCUT2D eigenvalue weighted by Crippen LogP contribution is -2.45. The fourth-order valence-electron chi connectivity index (χ4n) is 5.66. The Balaban J connectivity index is 1.72. The van der Waals surface area contributed by atoms with Gasteiger partial charge in [0.1, 0.15) is 5.78 Å². The van der Waals surface area contributed by atoms with E-state index in [1.165, 1.54) is 34.9 Å². The van der Waals surface area contributed by atoms with Crippen LogP contribution in [0.5, 0.6) is 0 Å². The van der Waals surface area contributed by atoms with Gasteiger partial charge in [0.15, 0.2) is 0 Å². The minimum atomic E-state index is -0.221. The third-order valence-corrected chi connectivity index (χ3v) is 8.23. The van der Waals surface area contributed by atoms with E-state index in [0.29, 0.717) is 24.2 Å². The van der Waals surface area contributed by atoms with E-state index in [1.807, 2.05) is 6.08 Å². The van der Waals surface area contributed by atoms with Crippen LogP contribution in [0.3, 0.4) is 0 Å². The molecule has 1 heterocycles. The van der Waals surface area contributed by atoms with Gasteiger partial charge in [-0.1, -0.05) is 61.8 Å². The Bertz CT molecular complexity index is 757. The molecular weight excluding hydrogens is 434 g/mol. The molecule has 1 aromatic rings. The Morgan fingerprint density at radius 3 is 2.53 bits per heavy atom. The zero-order valence-electron chi connectivity index (χ0n) is 19.5. The fraction of sp³-hybridized carbons (Fsp3) is 0.667. The average Bonchev–Trinajstić information content (AvgIpc) is 2.71. The number of rotatable bonds is 7. The number of allylic oxidation sites excluding steroid dienone is 1. The molecule has 166 valence electrons. The van der Waals surface area contributed by atoms with Crippen LogP contribution in [-0.2, 0) is 11.2 Å². The third-order valence-electron chi connectivity index (χ3n) is 7.49. The molecule has 1 aromatic carbocycles. The number of carbonyl (C=O) groups excluding carboxylic acids is 1. The number of fused-ring (bicyclic) bond motifs is 1. The van der Waals surface area contributed by atoms with Gasteiger partial charge in [-0.2, -0.15) is 0 Å². The molecule has 0 aromatic heterocycles. The van der Waals surface area contributed by atoms with Crippen LogP contribution in [0, 0.1) is 16.7 Å². The molecule has 1 aliphatic heterocycles. The lowest BCUT2D eigenvalue weighted by molar-refractivity contribution is -0.134. The van der Waals surface area contributed by atoms with Crippen molar-refractivity contribution in [2.75, 3.05) is 13.1 Å². The lowest BCUT2D eigenvalue weighted by Gasteiger charge is -2.45. The van der Waals surface area contributed by atoms with Crippen molar-refractivity contribution in [2.24, 2.45) is 16.7 Å². The van der Waals surface area contributed by atoms with E-state index >= 15 is 0 Å². The number of hydrogen-bond donors (Lipinski definition) is 0. The van der Waals surface area contributed by atoms with Gasteiger partial charge in [-0.3, -0.25) is 9.69 Å². The Labute approximate surface area is 192 Å². The Hall–Kier alpha value is -0.930. The van der Waals surface area contributed by atoms with Crippen LogP contribution in [0.25, 0.3) is 0 Å². The number of Topliss-reactive ketones (excluding diaryl/α,β-unsaturated/α-hetero) is 1. The summed E-state index contributed by atoms with van der Waals surface area (Å²) < 4.78 is 1.27. The minimum Gasteiger partial charge on any atom is -0.299 e. The van der Waals surface area contributed by atoms with Crippen molar-refractivity contribution in [3.8, 4) is 0 Å². The first-order valence-corrected chi connectivity index (χ1v) is 12.6. The minimum absolute atomic E-state index is 0.0480. The van der Waals surface area contributed by atoms with Gasteiger partial charge >= 0.3 is 0 Å². The van der Waals surface area contributed by atoms with E-state index in [0.717, 1.165) is 38.8 Å². The zero-order valence-corrected chi connectivity index (χ0v) is 21.1. The number of ketones is 1. The van der Waals surface area contributed by atoms with Gasteiger partial charge in [-0.05, 0) is 86.6 Å². The average molecular weight is 475 g/mol. The first-order valence-electron chi connectivity index (χ1n) is 11.8. The molecule has 1 aliphatic carbocycles. The monoisotopic (exact) mass is 473 g/mol. The van der Waals surface area contributed by atoms with Crippen molar-refractivity contribution in [3.63, 3.8) is 0 Å². The molecule has 0 radical (unpaired) electrons. The van der Waals surface area contributed by atoms with Crippen LogP contribution in [-0.4, -0.2) is 23.8 Å². The van der Waals surface area contributed by atoms with Gasteiger partial charge in [0, 0.05) is 22.4 Å². The van der Waals surface area contributed by atoms with Gasteiger partial charge in [0.05, 0.1) is 0 Å². The lowest BCUT2D eigenvalue weighted by atomic mass is 9.64. The topological polar surface area (TPSA) is 20.3 Å². The molecule has 0 bridgehead atoms. The maximum atomic E-state index is 13.4. The summed E-state index contributed by atoms with van der Waals surface area (Å²) in [6.45, 7) is 14.9. The quantitative estimate of drug-likeness (QED) is 0.381. The summed E-state index contributed by atoms with van der Waals surface area (Å²) >= 11 is 3.77. The van der Waals surface area contributed by atoms with E-state index in [2.05, 4.69) is 73.3 Å². The molecule has 1 saturated heterocycles. The number of hydrogen-bond acceptors (Lipinski definition) is 2. The highest BCUT2D eigenvalue weighted by atomic mass is 79.9. The Kier molecular flexibility index (Phi) is 7.66. The molecule has 0 amide bonds. The molecule has 2 unspecified atom stereocenters. The summed E-state index contributed by atoms with van der Waals surface area (Å²) in [4.78, 5) is 16.1. The highest BCUT2D eigenvalue weighted by molar-refractivity contribution is 9.10.